The van der Waals surface area contributed by atoms with E-state index in [2.05, 4.69) is 21.2 Å². The van der Waals surface area contributed by atoms with Gasteiger partial charge in [0.2, 0.25) is 5.91 Å². The second-order valence-electron chi connectivity index (χ2n) is 10.3. The van der Waals surface area contributed by atoms with Crippen molar-refractivity contribution in [1.29, 1.82) is 0 Å². The van der Waals surface area contributed by atoms with Crippen molar-refractivity contribution < 1.29 is 14.4 Å². The van der Waals surface area contributed by atoms with Gasteiger partial charge in [0.1, 0.15) is 11.5 Å². The summed E-state index contributed by atoms with van der Waals surface area (Å²) in [4.78, 5) is 45.6. The minimum absolute atomic E-state index is 0.273. The predicted molar refractivity (Wildman–Crippen MR) is 158 cm³/mol. The molecule has 3 aliphatic rings. The summed E-state index contributed by atoms with van der Waals surface area (Å²) in [5.74, 6) is -1.91. The molecule has 0 aliphatic carbocycles. The third-order valence-electron chi connectivity index (χ3n) is 8.39. The Balaban J connectivity index is 1.55. The number of anilines is 1. The average molecular weight is 610 g/mol. The number of ketones is 2. The lowest BCUT2D eigenvalue weighted by Crippen LogP contribution is -2.49. The molecule has 3 heterocycles. The number of rotatable bonds is 4. The van der Waals surface area contributed by atoms with Crippen LogP contribution in [0.5, 0.6) is 0 Å². The molecule has 5 nitrogen and oxygen atoms in total. The van der Waals surface area contributed by atoms with Crippen molar-refractivity contribution in [2.75, 3.05) is 5.32 Å². The monoisotopic (exact) mass is 608 g/mol. The summed E-state index contributed by atoms with van der Waals surface area (Å²) in [5.41, 5.74) is 2.57. The third kappa shape index (κ3) is 3.42. The lowest BCUT2D eigenvalue weighted by Gasteiger charge is -2.38. The van der Waals surface area contributed by atoms with E-state index in [1.807, 2.05) is 65.7 Å². The van der Waals surface area contributed by atoms with Crippen LogP contribution in [0.2, 0.25) is 5.02 Å². The maximum Gasteiger partial charge on any atom is 0.238 e. The van der Waals surface area contributed by atoms with Crippen molar-refractivity contribution in [2.24, 2.45) is 5.92 Å². The number of fused-ring (bicyclic) bond motifs is 6. The SMILES string of the molecule is O=C(c1ccccc1Cl)[C@@H]1[C@H](C(=O)c2ccc(Br)cc2)[C@]2(C(=O)Nc3ccccc32)[C@@H]2c3ccccc3C=CN12. The van der Waals surface area contributed by atoms with Gasteiger partial charge in [-0.05, 0) is 53.1 Å². The van der Waals surface area contributed by atoms with Gasteiger partial charge >= 0.3 is 0 Å². The van der Waals surface area contributed by atoms with Crippen LogP contribution >= 0.6 is 27.5 Å². The van der Waals surface area contributed by atoms with Gasteiger partial charge in [-0.15, -0.1) is 0 Å². The molecule has 196 valence electrons. The summed E-state index contributed by atoms with van der Waals surface area (Å²) >= 11 is 10.00. The quantitative estimate of drug-likeness (QED) is 0.251. The molecule has 7 heteroatoms. The normalized spacial score (nSPS) is 23.9. The van der Waals surface area contributed by atoms with Gasteiger partial charge in [0.25, 0.3) is 0 Å². The molecular weight excluding hydrogens is 588 g/mol. The highest BCUT2D eigenvalue weighted by Crippen LogP contribution is 2.62. The van der Waals surface area contributed by atoms with E-state index >= 15 is 0 Å². The lowest BCUT2D eigenvalue weighted by atomic mass is 9.62. The summed E-state index contributed by atoms with van der Waals surface area (Å²) in [5, 5.41) is 3.37. The predicted octanol–water partition coefficient (Wildman–Crippen LogP) is 7.08. The van der Waals surface area contributed by atoms with Crippen molar-refractivity contribution in [1.82, 2.24) is 4.90 Å². The van der Waals surface area contributed by atoms with Gasteiger partial charge in [-0.1, -0.05) is 94.3 Å². The molecule has 4 aromatic rings. The number of nitrogens with one attached hydrogen (secondary N) is 1. The van der Waals surface area contributed by atoms with E-state index in [0.29, 0.717) is 27.4 Å². The Kier molecular flexibility index (Phi) is 5.81. The zero-order chi connectivity index (χ0) is 27.6. The Hall–Kier alpha value is -4.00. The molecule has 40 heavy (non-hydrogen) atoms. The van der Waals surface area contributed by atoms with Crippen LogP contribution in [0.1, 0.15) is 43.4 Å². The molecule has 1 fully saturated rings. The number of Topliss-reactive ketones (excluding diaryl/α,β-unsaturated/α-hetero) is 2. The van der Waals surface area contributed by atoms with E-state index in [0.717, 1.165) is 15.6 Å². The highest BCUT2D eigenvalue weighted by atomic mass is 79.9. The molecule has 0 bridgehead atoms. The highest BCUT2D eigenvalue weighted by molar-refractivity contribution is 9.10. The summed E-state index contributed by atoms with van der Waals surface area (Å²) in [7, 11) is 0. The second-order valence-corrected chi connectivity index (χ2v) is 11.6. The van der Waals surface area contributed by atoms with Crippen LogP contribution in [-0.2, 0) is 10.2 Å². The van der Waals surface area contributed by atoms with Gasteiger partial charge in [0, 0.05) is 27.5 Å². The lowest BCUT2D eigenvalue weighted by molar-refractivity contribution is -0.122. The molecule has 0 saturated carbocycles. The number of amides is 1. The number of carbonyl (C=O) groups is 3. The smallest absolute Gasteiger partial charge is 0.238 e. The number of para-hydroxylation sites is 1. The Labute approximate surface area is 244 Å². The van der Waals surface area contributed by atoms with Crippen LogP contribution in [0.3, 0.4) is 0 Å². The standard InChI is InChI=1S/C33H22BrClN2O3/c34-21-15-13-20(14-16-21)29(38)27-28(30(39)23-9-3-5-11-25(23)35)37-18-17-19-7-1-2-8-22(19)31(37)33(27)24-10-4-6-12-26(24)36-32(33)40/h1-18,27-28,31H,(H,36,40)/t27-,28+,31+,33+/m1/s1. The van der Waals surface area contributed by atoms with Crippen molar-refractivity contribution in [3.05, 3.63) is 141 Å². The minimum Gasteiger partial charge on any atom is -0.358 e. The van der Waals surface area contributed by atoms with E-state index in [1.165, 1.54) is 0 Å². The first-order chi connectivity index (χ1) is 19.4. The van der Waals surface area contributed by atoms with Gasteiger partial charge in [-0.25, -0.2) is 0 Å². The number of carbonyl (C=O) groups excluding carboxylic acids is 3. The molecule has 1 saturated heterocycles. The number of benzene rings is 4. The molecule has 0 unspecified atom stereocenters. The van der Waals surface area contributed by atoms with Crippen LogP contribution in [0, 0.1) is 5.92 Å². The molecule has 3 aliphatic heterocycles. The summed E-state index contributed by atoms with van der Waals surface area (Å²) in [6.07, 6.45) is 3.80. The zero-order valence-electron chi connectivity index (χ0n) is 21.1. The maximum absolute atomic E-state index is 14.7. The van der Waals surface area contributed by atoms with Gasteiger partial charge in [-0.3, -0.25) is 14.4 Å². The fourth-order valence-electron chi connectivity index (χ4n) is 6.78. The number of hydrogen-bond acceptors (Lipinski definition) is 4. The van der Waals surface area contributed by atoms with Crippen molar-refractivity contribution in [2.45, 2.75) is 17.5 Å². The molecule has 1 spiro atoms. The minimum atomic E-state index is -1.37. The average Bonchev–Trinajstić information content (AvgIpc) is 3.45. The van der Waals surface area contributed by atoms with Gasteiger partial charge in [-0.2, -0.15) is 0 Å². The number of hydrogen-bond donors (Lipinski definition) is 1. The molecule has 7 rings (SSSR count). The summed E-state index contributed by atoms with van der Waals surface area (Å²) in [6, 6.07) is 27.7. The van der Waals surface area contributed by atoms with Crippen LogP contribution in [0.4, 0.5) is 5.69 Å². The molecular formula is C33H22BrClN2O3. The first-order valence-corrected chi connectivity index (χ1v) is 14.1. The highest BCUT2D eigenvalue weighted by Gasteiger charge is 2.70. The van der Waals surface area contributed by atoms with Crippen LogP contribution < -0.4 is 5.32 Å². The Bertz CT molecular complexity index is 1750. The molecule has 1 N–H and O–H groups in total. The molecule has 0 aromatic heterocycles. The number of nitrogens with zero attached hydrogens (tertiary/aromatic N) is 1. The number of halogens is 2. The van der Waals surface area contributed by atoms with E-state index in [9.17, 15) is 14.4 Å². The fourth-order valence-corrected chi connectivity index (χ4v) is 7.28. The van der Waals surface area contributed by atoms with E-state index in [4.69, 9.17) is 11.6 Å². The van der Waals surface area contributed by atoms with Crippen molar-refractivity contribution in [3.63, 3.8) is 0 Å². The zero-order valence-corrected chi connectivity index (χ0v) is 23.4. The first-order valence-electron chi connectivity index (χ1n) is 13.0. The second kappa shape index (κ2) is 9.29. The van der Waals surface area contributed by atoms with E-state index in [-0.39, 0.29) is 17.5 Å². The van der Waals surface area contributed by atoms with Gasteiger partial charge < -0.3 is 10.2 Å². The molecule has 4 aromatic carbocycles. The largest absolute Gasteiger partial charge is 0.358 e. The van der Waals surface area contributed by atoms with E-state index in [1.54, 1.807) is 48.5 Å². The third-order valence-corrected chi connectivity index (χ3v) is 9.25. The Morgan fingerprint density at radius 3 is 2.35 bits per heavy atom. The van der Waals surface area contributed by atoms with Crippen molar-refractivity contribution >= 4 is 56.8 Å². The topological polar surface area (TPSA) is 66.5 Å². The fraction of sp³-hybridized carbons (Fsp3) is 0.121. The molecule has 0 radical (unpaired) electrons. The van der Waals surface area contributed by atoms with Crippen molar-refractivity contribution in [3.8, 4) is 0 Å². The van der Waals surface area contributed by atoms with Gasteiger partial charge in [0.05, 0.1) is 17.0 Å². The van der Waals surface area contributed by atoms with Gasteiger partial charge in [0.15, 0.2) is 11.6 Å². The first kappa shape index (κ1) is 25.0. The van der Waals surface area contributed by atoms with Crippen LogP contribution in [0.25, 0.3) is 6.08 Å². The van der Waals surface area contributed by atoms with Crippen LogP contribution in [0.15, 0.2) is 108 Å². The maximum atomic E-state index is 14.7. The Morgan fingerprint density at radius 1 is 0.850 bits per heavy atom. The molecule has 1 amide bonds. The Morgan fingerprint density at radius 2 is 1.55 bits per heavy atom. The van der Waals surface area contributed by atoms with E-state index < -0.39 is 23.4 Å². The van der Waals surface area contributed by atoms with Crippen LogP contribution in [-0.4, -0.2) is 28.4 Å². The summed E-state index contributed by atoms with van der Waals surface area (Å²) < 4.78 is 0.826. The summed E-state index contributed by atoms with van der Waals surface area (Å²) in [6.45, 7) is 0. The molecule has 4 atom stereocenters.